The first-order valence-corrected chi connectivity index (χ1v) is 7.13. The van der Waals surface area contributed by atoms with Gasteiger partial charge in [0, 0.05) is 11.7 Å². The summed E-state index contributed by atoms with van der Waals surface area (Å²) in [6.07, 6.45) is -4.70. The van der Waals surface area contributed by atoms with Crippen LogP contribution in [0.25, 0.3) is 5.57 Å². The van der Waals surface area contributed by atoms with E-state index in [1.165, 1.54) is 18.2 Å². The van der Waals surface area contributed by atoms with Gasteiger partial charge in [-0.05, 0) is 49.2 Å². The van der Waals surface area contributed by atoms with E-state index in [-0.39, 0.29) is 11.8 Å². The van der Waals surface area contributed by atoms with E-state index >= 15 is 0 Å². The van der Waals surface area contributed by atoms with Crippen molar-refractivity contribution in [3.05, 3.63) is 66.2 Å². The zero-order valence-electron chi connectivity index (χ0n) is 12.9. The lowest BCUT2D eigenvalue weighted by atomic mass is 10.0. The molecule has 0 heterocycles. The fourth-order valence-corrected chi connectivity index (χ4v) is 2.13. The number of benzene rings is 2. The molecule has 122 valence electrons. The molecule has 0 spiro atoms. The highest BCUT2D eigenvalue weighted by Gasteiger charge is 2.31. The van der Waals surface area contributed by atoms with Crippen LogP contribution in [0.1, 0.15) is 18.1 Å². The Labute approximate surface area is 133 Å². The highest BCUT2D eigenvalue weighted by molar-refractivity contribution is 5.71. The lowest BCUT2D eigenvalue weighted by Gasteiger charge is -2.19. The molecule has 0 aromatic heterocycles. The molecule has 2 rings (SSSR count). The SMILES string of the molecule is C=C(c1cccc(OC(F)(F)F)c1)C(C)Nc1ccc(C)cc1. The zero-order chi connectivity index (χ0) is 17.0. The molecule has 0 aliphatic heterocycles. The predicted molar refractivity (Wildman–Crippen MR) is 86.4 cm³/mol. The van der Waals surface area contributed by atoms with E-state index < -0.39 is 6.36 Å². The molecule has 1 unspecified atom stereocenters. The Balaban J connectivity index is 2.10. The number of halogens is 3. The van der Waals surface area contributed by atoms with E-state index in [2.05, 4.69) is 16.6 Å². The van der Waals surface area contributed by atoms with E-state index in [0.29, 0.717) is 11.1 Å². The average molecular weight is 321 g/mol. The van der Waals surface area contributed by atoms with Crippen LogP contribution in [0.3, 0.4) is 0 Å². The number of ether oxygens (including phenoxy) is 1. The van der Waals surface area contributed by atoms with Gasteiger partial charge in [0.2, 0.25) is 0 Å². The van der Waals surface area contributed by atoms with Crippen molar-refractivity contribution in [1.29, 1.82) is 0 Å². The van der Waals surface area contributed by atoms with E-state index in [1.54, 1.807) is 6.07 Å². The van der Waals surface area contributed by atoms with Crippen molar-refractivity contribution >= 4 is 11.3 Å². The van der Waals surface area contributed by atoms with Crippen LogP contribution < -0.4 is 10.1 Å². The Morgan fingerprint density at radius 2 is 1.78 bits per heavy atom. The first-order valence-electron chi connectivity index (χ1n) is 7.13. The Kier molecular flexibility index (Phi) is 4.98. The van der Waals surface area contributed by atoms with Gasteiger partial charge in [-0.25, -0.2) is 0 Å². The summed E-state index contributed by atoms with van der Waals surface area (Å²) in [5.41, 5.74) is 3.35. The minimum Gasteiger partial charge on any atom is -0.406 e. The van der Waals surface area contributed by atoms with Crippen LogP contribution in [0.15, 0.2) is 55.1 Å². The van der Waals surface area contributed by atoms with Gasteiger partial charge >= 0.3 is 6.36 Å². The second kappa shape index (κ2) is 6.77. The van der Waals surface area contributed by atoms with Crippen LogP contribution >= 0.6 is 0 Å². The smallest absolute Gasteiger partial charge is 0.406 e. The van der Waals surface area contributed by atoms with Crippen molar-refractivity contribution in [3.63, 3.8) is 0 Å². The molecule has 5 heteroatoms. The van der Waals surface area contributed by atoms with Crippen molar-refractivity contribution in [2.45, 2.75) is 26.3 Å². The number of alkyl halides is 3. The summed E-state index contributed by atoms with van der Waals surface area (Å²) in [4.78, 5) is 0. The van der Waals surface area contributed by atoms with Gasteiger partial charge in [0.05, 0.1) is 0 Å². The fourth-order valence-electron chi connectivity index (χ4n) is 2.13. The van der Waals surface area contributed by atoms with Crippen LogP contribution in [-0.4, -0.2) is 12.4 Å². The van der Waals surface area contributed by atoms with Crippen LogP contribution in [0.5, 0.6) is 5.75 Å². The molecule has 0 aliphatic carbocycles. The summed E-state index contributed by atoms with van der Waals surface area (Å²) >= 11 is 0. The van der Waals surface area contributed by atoms with Gasteiger partial charge in [-0.2, -0.15) is 0 Å². The van der Waals surface area contributed by atoms with Crippen molar-refractivity contribution < 1.29 is 17.9 Å². The maximum atomic E-state index is 12.3. The third kappa shape index (κ3) is 5.06. The molecule has 1 atom stereocenters. The third-order valence-corrected chi connectivity index (χ3v) is 3.40. The van der Waals surface area contributed by atoms with Gasteiger partial charge in [0.1, 0.15) is 5.75 Å². The molecule has 0 saturated carbocycles. The number of hydrogen-bond acceptors (Lipinski definition) is 2. The van der Waals surface area contributed by atoms with Crippen molar-refractivity contribution in [2.75, 3.05) is 5.32 Å². The number of hydrogen-bond donors (Lipinski definition) is 1. The standard InChI is InChI=1S/C18H18F3NO/c1-12-7-9-16(10-8-12)22-14(3)13(2)15-5-4-6-17(11-15)23-18(19,20)21/h4-11,14,22H,2H2,1,3H3. The lowest BCUT2D eigenvalue weighted by Crippen LogP contribution is -2.18. The van der Waals surface area contributed by atoms with Gasteiger partial charge in [-0.15, -0.1) is 13.2 Å². The number of nitrogens with one attached hydrogen (secondary N) is 1. The third-order valence-electron chi connectivity index (χ3n) is 3.40. The van der Waals surface area contributed by atoms with E-state index in [1.807, 2.05) is 38.1 Å². The Morgan fingerprint density at radius 3 is 2.39 bits per heavy atom. The molecule has 0 radical (unpaired) electrons. The minimum absolute atomic E-state index is 0.140. The van der Waals surface area contributed by atoms with Crippen LogP contribution in [0, 0.1) is 6.92 Å². The lowest BCUT2D eigenvalue weighted by molar-refractivity contribution is -0.274. The molecule has 1 N–H and O–H groups in total. The molecule has 0 bridgehead atoms. The molecule has 2 aromatic carbocycles. The summed E-state index contributed by atoms with van der Waals surface area (Å²) < 4.78 is 40.8. The van der Waals surface area contributed by atoms with Gasteiger partial charge in [-0.3, -0.25) is 0 Å². The van der Waals surface area contributed by atoms with Gasteiger partial charge < -0.3 is 10.1 Å². The van der Waals surface area contributed by atoms with Crippen LogP contribution in [0.2, 0.25) is 0 Å². The fraction of sp³-hybridized carbons (Fsp3) is 0.222. The Morgan fingerprint density at radius 1 is 1.13 bits per heavy atom. The maximum Gasteiger partial charge on any atom is 0.573 e. The molecule has 0 amide bonds. The predicted octanol–water partition coefficient (Wildman–Crippen LogP) is 5.41. The van der Waals surface area contributed by atoms with E-state index in [9.17, 15) is 13.2 Å². The number of anilines is 1. The van der Waals surface area contributed by atoms with E-state index in [0.717, 1.165) is 11.3 Å². The van der Waals surface area contributed by atoms with Crippen LogP contribution in [0.4, 0.5) is 18.9 Å². The molecular formula is C18H18F3NO. The van der Waals surface area contributed by atoms with Crippen LogP contribution in [-0.2, 0) is 0 Å². The molecule has 2 nitrogen and oxygen atoms in total. The second-order valence-electron chi connectivity index (χ2n) is 5.33. The molecule has 0 aliphatic rings. The first kappa shape index (κ1) is 16.9. The van der Waals surface area contributed by atoms with E-state index in [4.69, 9.17) is 0 Å². The van der Waals surface area contributed by atoms with Crippen molar-refractivity contribution in [1.82, 2.24) is 0 Å². The summed E-state index contributed by atoms with van der Waals surface area (Å²) in [7, 11) is 0. The number of rotatable bonds is 5. The Bertz CT molecular complexity index is 677. The summed E-state index contributed by atoms with van der Waals surface area (Å²) in [6.45, 7) is 7.88. The highest BCUT2D eigenvalue weighted by atomic mass is 19.4. The maximum absolute atomic E-state index is 12.3. The molecular weight excluding hydrogens is 303 g/mol. The first-order chi connectivity index (χ1) is 10.7. The van der Waals surface area contributed by atoms with Gasteiger partial charge in [-0.1, -0.05) is 36.4 Å². The monoisotopic (exact) mass is 321 g/mol. The second-order valence-corrected chi connectivity index (χ2v) is 5.33. The van der Waals surface area contributed by atoms with Gasteiger partial charge in [0.25, 0.3) is 0 Å². The van der Waals surface area contributed by atoms with Crippen molar-refractivity contribution in [2.24, 2.45) is 0 Å². The largest absolute Gasteiger partial charge is 0.573 e. The quantitative estimate of drug-likeness (QED) is 0.795. The summed E-state index contributed by atoms with van der Waals surface area (Å²) in [5.74, 6) is -0.251. The molecule has 0 saturated heterocycles. The summed E-state index contributed by atoms with van der Waals surface area (Å²) in [5, 5.41) is 3.27. The summed E-state index contributed by atoms with van der Waals surface area (Å²) in [6, 6.07) is 13.5. The van der Waals surface area contributed by atoms with Crippen molar-refractivity contribution in [3.8, 4) is 5.75 Å². The Hall–Kier alpha value is -2.43. The normalized spacial score (nSPS) is 12.6. The molecule has 23 heavy (non-hydrogen) atoms. The zero-order valence-corrected chi connectivity index (χ0v) is 12.9. The topological polar surface area (TPSA) is 21.3 Å². The highest BCUT2D eigenvalue weighted by Crippen LogP contribution is 2.27. The number of aryl methyl sites for hydroxylation is 1. The average Bonchev–Trinajstić information content (AvgIpc) is 2.47. The minimum atomic E-state index is -4.70. The molecule has 2 aromatic rings. The molecule has 0 fully saturated rings. The van der Waals surface area contributed by atoms with Gasteiger partial charge in [0.15, 0.2) is 0 Å².